The Labute approximate surface area is 251 Å². The van der Waals surface area contributed by atoms with Crippen molar-refractivity contribution in [1.82, 2.24) is 19.5 Å². The van der Waals surface area contributed by atoms with E-state index in [4.69, 9.17) is 14.2 Å². The van der Waals surface area contributed by atoms with Gasteiger partial charge in [0.15, 0.2) is 5.69 Å². The van der Waals surface area contributed by atoms with Crippen molar-refractivity contribution in [3.63, 3.8) is 0 Å². The van der Waals surface area contributed by atoms with Crippen molar-refractivity contribution in [2.45, 2.75) is 38.8 Å². The van der Waals surface area contributed by atoms with Crippen LogP contribution in [0.3, 0.4) is 0 Å². The smallest absolute Gasteiger partial charge is 0.352 e. The predicted octanol–water partition coefficient (Wildman–Crippen LogP) is 5.98. The highest BCUT2D eigenvalue weighted by atomic mass is 19.3. The molecule has 0 spiro atoms. The van der Waals surface area contributed by atoms with E-state index in [1.54, 1.807) is 25.3 Å². The number of nitrogens with one attached hydrogen (secondary N) is 1. The van der Waals surface area contributed by atoms with Crippen molar-refractivity contribution in [3.8, 4) is 29.2 Å². The van der Waals surface area contributed by atoms with Gasteiger partial charge in [0, 0.05) is 23.9 Å². The predicted molar refractivity (Wildman–Crippen MR) is 147 cm³/mol. The number of alkyl halides is 6. The largest absolute Gasteiger partial charge is 0.497 e. The van der Waals surface area contributed by atoms with E-state index >= 15 is 0 Å². The molecule has 2 heterocycles. The molecule has 1 N–H and O–H groups in total. The molecule has 0 bridgehead atoms. The van der Waals surface area contributed by atoms with E-state index in [1.165, 1.54) is 20.2 Å². The molecule has 0 amide bonds. The molecule has 0 saturated carbocycles. The van der Waals surface area contributed by atoms with Gasteiger partial charge in [0.1, 0.15) is 11.5 Å². The zero-order chi connectivity index (χ0) is 32.9. The van der Waals surface area contributed by atoms with Gasteiger partial charge < -0.3 is 19.5 Å². The second-order valence-corrected chi connectivity index (χ2v) is 9.41. The average Bonchev–Trinajstić information content (AvgIpc) is 3.03. The maximum atomic E-state index is 14.6. The number of halogens is 6. The molecule has 0 aliphatic carbocycles. The Balaban J connectivity index is 1.70. The summed E-state index contributed by atoms with van der Waals surface area (Å²) < 4.78 is 99.3. The lowest BCUT2D eigenvalue weighted by atomic mass is 10.0. The number of rotatable bonds is 12. The summed E-state index contributed by atoms with van der Waals surface area (Å²) in [5.74, 6) is -6.10. The highest BCUT2D eigenvalue weighted by Gasteiger charge is 2.48. The molecular weight excluding hydrogens is 610 g/mol. The van der Waals surface area contributed by atoms with Crippen LogP contribution in [0.15, 0.2) is 53.7 Å². The summed E-state index contributed by atoms with van der Waals surface area (Å²) in [7, 11) is 2.83. The molecule has 2 aromatic heterocycles. The lowest BCUT2D eigenvalue weighted by Crippen LogP contribution is -2.32. The van der Waals surface area contributed by atoms with Crippen molar-refractivity contribution in [2.24, 2.45) is 0 Å². The van der Waals surface area contributed by atoms with E-state index in [9.17, 15) is 36.4 Å². The number of hydrogen-bond donors (Lipinski definition) is 1. The molecule has 0 aliphatic rings. The molecule has 0 radical (unpaired) electrons. The summed E-state index contributed by atoms with van der Waals surface area (Å²) >= 11 is 0. The first-order valence-corrected chi connectivity index (χ1v) is 12.9. The standard InChI is InChI=1S/C29H24F6N6O4/c1-15-18(10-36)8-17(24(30)31)9-21(15)45-22-23(29(34,35)27(32)33)39-14-41(26(22)42)13-19-12-38-28(40-25(19)44-3)37-11-16-4-6-20(43-2)7-5-16/h4-9,12,14,24,27H,11,13H2,1-3H3,(H,37,38,40). The quantitative estimate of drug-likeness (QED) is 0.188. The number of nitriles is 1. The van der Waals surface area contributed by atoms with Crippen LogP contribution in [0, 0.1) is 18.3 Å². The highest BCUT2D eigenvalue weighted by molar-refractivity contribution is 5.51. The Morgan fingerprint density at radius 3 is 2.38 bits per heavy atom. The first-order valence-electron chi connectivity index (χ1n) is 12.9. The van der Waals surface area contributed by atoms with Crippen LogP contribution < -0.4 is 25.1 Å². The number of benzene rings is 2. The van der Waals surface area contributed by atoms with Crippen LogP contribution in [0.1, 0.15) is 39.9 Å². The third-order valence-electron chi connectivity index (χ3n) is 6.52. The maximum Gasteiger partial charge on any atom is 0.352 e. The number of anilines is 1. The van der Waals surface area contributed by atoms with Crippen molar-refractivity contribution < 1.29 is 40.6 Å². The lowest BCUT2D eigenvalue weighted by Gasteiger charge is -2.20. The van der Waals surface area contributed by atoms with Crippen LogP contribution >= 0.6 is 0 Å². The zero-order valence-electron chi connectivity index (χ0n) is 23.8. The van der Waals surface area contributed by atoms with Crippen LogP contribution in [0.5, 0.6) is 23.1 Å². The number of aromatic nitrogens is 4. The summed E-state index contributed by atoms with van der Waals surface area (Å²) in [6, 6.07) is 10.4. The Morgan fingerprint density at radius 1 is 1.07 bits per heavy atom. The molecule has 4 rings (SSSR count). The normalized spacial score (nSPS) is 11.4. The second-order valence-electron chi connectivity index (χ2n) is 9.41. The fraction of sp³-hybridized carbons (Fsp3) is 0.276. The number of nitrogens with zero attached hydrogens (tertiary/aromatic N) is 5. The molecule has 16 heteroatoms. The Bertz CT molecular complexity index is 1780. The molecule has 0 saturated heterocycles. The fourth-order valence-electron chi connectivity index (χ4n) is 4.05. The topological polar surface area (TPSA) is 124 Å². The Kier molecular flexibility index (Phi) is 9.80. The van der Waals surface area contributed by atoms with Crippen molar-refractivity contribution >= 4 is 5.95 Å². The Morgan fingerprint density at radius 2 is 1.78 bits per heavy atom. The van der Waals surface area contributed by atoms with Gasteiger partial charge in [-0.3, -0.25) is 9.36 Å². The molecule has 10 nitrogen and oxygen atoms in total. The number of ether oxygens (including phenoxy) is 3. The number of methoxy groups -OCH3 is 2. The first-order chi connectivity index (χ1) is 21.4. The van der Waals surface area contributed by atoms with E-state index in [0.717, 1.165) is 22.3 Å². The van der Waals surface area contributed by atoms with Crippen molar-refractivity contribution in [3.05, 3.63) is 92.8 Å². The second kappa shape index (κ2) is 13.5. The Hall–Kier alpha value is -5.33. The highest BCUT2D eigenvalue weighted by Crippen LogP contribution is 2.40. The molecule has 0 aliphatic heterocycles. The van der Waals surface area contributed by atoms with Gasteiger partial charge in [-0.15, -0.1) is 0 Å². The lowest BCUT2D eigenvalue weighted by molar-refractivity contribution is -0.139. The number of hydrogen-bond acceptors (Lipinski definition) is 9. The minimum absolute atomic E-state index is 0.0160. The maximum absolute atomic E-state index is 14.6. The van der Waals surface area contributed by atoms with Crippen LogP contribution in [-0.4, -0.2) is 40.2 Å². The van der Waals surface area contributed by atoms with Gasteiger partial charge in [0.05, 0.1) is 44.3 Å². The third-order valence-corrected chi connectivity index (χ3v) is 6.52. The molecule has 0 atom stereocenters. The summed E-state index contributed by atoms with van der Waals surface area (Å²) in [4.78, 5) is 25.2. The van der Waals surface area contributed by atoms with E-state index in [1.807, 2.05) is 12.1 Å². The van der Waals surface area contributed by atoms with Gasteiger partial charge >= 0.3 is 12.3 Å². The van der Waals surface area contributed by atoms with Gasteiger partial charge in [-0.2, -0.15) is 19.0 Å². The van der Waals surface area contributed by atoms with Crippen LogP contribution in [-0.2, 0) is 19.0 Å². The SMILES string of the molecule is COc1ccc(CNc2ncc(Cn3cnc(C(F)(F)C(F)F)c(Oc4cc(C(F)F)cc(C#N)c4C)c3=O)c(OC)n2)cc1. The first kappa shape index (κ1) is 32.6. The van der Waals surface area contributed by atoms with Gasteiger partial charge in [0.2, 0.25) is 17.6 Å². The molecular formula is C29H24F6N6O4. The minimum atomic E-state index is -4.96. The van der Waals surface area contributed by atoms with Crippen LogP contribution in [0.2, 0.25) is 0 Å². The molecule has 2 aromatic carbocycles. The van der Waals surface area contributed by atoms with Gasteiger partial charge in [-0.05, 0) is 36.8 Å². The fourth-order valence-corrected chi connectivity index (χ4v) is 4.05. The minimum Gasteiger partial charge on any atom is -0.497 e. The van der Waals surface area contributed by atoms with E-state index < -0.39 is 53.6 Å². The molecule has 236 valence electrons. The van der Waals surface area contributed by atoms with Crippen molar-refractivity contribution in [2.75, 3.05) is 19.5 Å². The summed E-state index contributed by atoms with van der Waals surface area (Å²) in [6.45, 7) is 1.13. The summed E-state index contributed by atoms with van der Waals surface area (Å²) in [5, 5.41) is 12.3. The van der Waals surface area contributed by atoms with Gasteiger partial charge in [-0.1, -0.05) is 12.1 Å². The van der Waals surface area contributed by atoms with Crippen LogP contribution in [0.4, 0.5) is 32.3 Å². The molecule has 0 unspecified atom stereocenters. The van der Waals surface area contributed by atoms with E-state index in [2.05, 4.69) is 20.3 Å². The molecule has 45 heavy (non-hydrogen) atoms. The summed E-state index contributed by atoms with van der Waals surface area (Å²) in [6.07, 6.45) is -5.52. The van der Waals surface area contributed by atoms with E-state index in [-0.39, 0.29) is 28.5 Å². The van der Waals surface area contributed by atoms with E-state index in [0.29, 0.717) is 18.6 Å². The average molecular weight is 635 g/mol. The third kappa shape index (κ3) is 7.08. The van der Waals surface area contributed by atoms with Crippen LogP contribution in [0.25, 0.3) is 0 Å². The van der Waals surface area contributed by atoms with Crippen molar-refractivity contribution in [1.29, 1.82) is 5.26 Å². The van der Waals surface area contributed by atoms with Gasteiger partial charge in [0.25, 0.3) is 12.0 Å². The summed E-state index contributed by atoms with van der Waals surface area (Å²) in [5.41, 5.74) is -3.17. The monoisotopic (exact) mass is 634 g/mol. The molecule has 4 aromatic rings. The van der Waals surface area contributed by atoms with Gasteiger partial charge in [-0.25, -0.2) is 27.5 Å². The molecule has 0 fully saturated rings. The zero-order valence-corrected chi connectivity index (χ0v) is 23.8.